The molecule has 1 N–H and O–H groups in total. The molecule has 0 unspecified atom stereocenters. The maximum Gasteiger partial charge on any atom is 0.146 e. The molecular weight excluding hydrogens is 336 g/mol. The predicted molar refractivity (Wildman–Crippen MR) is 76.1 cm³/mol. The second kappa shape index (κ2) is 6.46. The molecule has 0 amide bonds. The number of halogens is 4. The molecule has 5 heteroatoms. The van der Waals surface area contributed by atoms with Gasteiger partial charge in [-0.15, -0.1) is 0 Å². The summed E-state index contributed by atoms with van der Waals surface area (Å²) >= 11 is 8.97. The number of benzene rings is 2. The van der Waals surface area contributed by atoms with Gasteiger partial charge in [0.2, 0.25) is 0 Å². The molecule has 0 aliphatic carbocycles. The first-order valence-corrected chi connectivity index (χ1v) is 6.82. The molecule has 19 heavy (non-hydrogen) atoms. The molecule has 100 valence electrons. The van der Waals surface area contributed by atoms with Crippen molar-refractivity contribution < 1.29 is 8.78 Å². The molecule has 1 nitrogen and oxygen atoms in total. The average molecular weight is 347 g/mol. The number of rotatable bonds is 4. The van der Waals surface area contributed by atoms with Gasteiger partial charge in [0.05, 0.1) is 5.02 Å². The van der Waals surface area contributed by atoms with Gasteiger partial charge in [-0.05, 0) is 24.3 Å². The van der Waals surface area contributed by atoms with Gasteiger partial charge >= 0.3 is 0 Å². The Morgan fingerprint density at radius 1 is 1.05 bits per heavy atom. The summed E-state index contributed by atoms with van der Waals surface area (Å²) in [5.41, 5.74) is 0.986. The third-order valence-corrected chi connectivity index (χ3v) is 3.46. The maximum absolute atomic E-state index is 13.6. The van der Waals surface area contributed by atoms with Gasteiger partial charge in [-0.1, -0.05) is 39.7 Å². The minimum atomic E-state index is -0.439. The molecule has 0 aliphatic rings. The van der Waals surface area contributed by atoms with E-state index in [0.29, 0.717) is 24.2 Å². The zero-order valence-electron chi connectivity index (χ0n) is 9.89. The van der Waals surface area contributed by atoms with E-state index in [-0.39, 0.29) is 10.8 Å². The minimum absolute atomic E-state index is 0.0907. The fourth-order valence-electron chi connectivity index (χ4n) is 1.70. The van der Waals surface area contributed by atoms with E-state index in [4.69, 9.17) is 11.6 Å². The highest BCUT2D eigenvalue weighted by atomic mass is 79.9. The number of nitrogens with one attached hydrogen (secondary N) is 1. The first-order chi connectivity index (χ1) is 9.08. The summed E-state index contributed by atoms with van der Waals surface area (Å²) in [4.78, 5) is 0. The van der Waals surface area contributed by atoms with E-state index < -0.39 is 5.82 Å². The summed E-state index contributed by atoms with van der Waals surface area (Å²) in [5, 5.41) is 3.09. The highest BCUT2D eigenvalue weighted by Crippen LogP contribution is 2.18. The summed E-state index contributed by atoms with van der Waals surface area (Å²) in [5.74, 6) is -0.728. The first kappa shape index (κ1) is 14.4. The number of hydrogen-bond donors (Lipinski definition) is 1. The molecule has 2 rings (SSSR count). The van der Waals surface area contributed by atoms with Gasteiger partial charge < -0.3 is 5.32 Å². The summed E-state index contributed by atoms with van der Waals surface area (Å²) in [7, 11) is 0. The molecule has 0 aliphatic heterocycles. The molecule has 0 bridgehead atoms. The van der Waals surface area contributed by atoms with E-state index in [0.717, 1.165) is 4.47 Å². The third-order valence-electron chi connectivity index (χ3n) is 2.67. The van der Waals surface area contributed by atoms with E-state index in [1.54, 1.807) is 24.3 Å². The Morgan fingerprint density at radius 3 is 2.58 bits per heavy atom. The lowest BCUT2D eigenvalue weighted by molar-refractivity contribution is 0.569. The normalized spacial score (nSPS) is 10.7. The van der Waals surface area contributed by atoms with Crippen LogP contribution in [0.4, 0.5) is 8.78 Å². The zero-order valence-corrected chi connectivity index (χ0v) is 12.2. The van der Waals surface area contributed by atoms with Crippen molar-refractivity contribution in [2.45, 2.75) is 13.1 Å². The Morgan fingerprint density at radius 2 is 1.79 bits per heavy atom. The van der Waals surface area contributed by atoms with E-state index >= 15 is 0 Å². The highest BCUT2D eigenvalue weighted by Gasteiger charge is 2.07. The topological polar surface area (TPSA) is 12.0 Å². The van der Waals surface area contributed by atoms with Crippen LogP contribution < -0.4 is 5.32 Å². The van der Waals surface area contributed by atoms with Crippen LogP contribution in [0.3, 0.4) is 0 Å². The van der Waals surface area contributed by atoms with Crippen molar-refractivity contribution >= 4 is 27.5 Å². The molecule has 0 heterocycles. The Bertz CT molecular complexity index is 588. The summed E-state index contributed by atoms with van der Waals surface area (Å²) in [6.07, 6.45) is 0. The van der Waals surface area contributed by atoms with Crippen LogP contribution in [0, 0.1) is 11.6 Å². The van der Waals surface area contributed by atoms with Crippen molar-refractivity contribution in [2.75, 3.05) is 0 Å². The van der Waals surface area contributed by atoms with Crippen molar-refractivity contribution in [3.8, 4) is 0 Å². The van der Waals surface area contributed by atoms with Crippen LogP contribution in [0.1, 0.15) is 11.1 Å². The van der Waals surface area contributed by atoms with Crippen LogP contribution in [0.15, 0.2) is 40.9 Å². The van der Waals surface area contributed by atoms with Crippen LogP contribution in [0.2, 0.25) is 5.02 Å². The smallest absolute Gasteiger partial charge is 0.146 e. The fourth-order valence-corrected chi connectivity index (χ4v) is 2.30. The molecule has 0 atom stereocenters. The second-order valence-electron chi connectivity index (χ2n) is 4.05. The lowest BCUT2D eigenvalue weighted by Gasteiger charge is -2.08. The highest BCUT2D eigenvalue weighted by molar-refractivity contribution is 9.10. The van der Waals surface area contributed by atoms with Gasteiger partial charge in [0.1, 0.15) is 11.6 Å². The van der Waals surface area contributed by atoms with Gasteiger partial charge in [-0.3, -0.25) is 0 Å². The van der Waals surface area contributed by atoms with Gasteiger partial charge in [0.25, 0.3) is 0 Å². The van der Waals surface area contributed by atoms with Crippen LogP contribution in [0.5, 0.6) is 0 Å². The molecule has 0 fully saturated rings. The summed E-state index contributed by atoms with van der Waals surface area (Å²) in [6, 6.07) is 9.54. The van der Waals surface area contributed by atoms with Crippen LogP contribution in [-0.2, 0) is 13.1 Å². The van der Waals surface area contributed by atoms with Gasteiger partial charge in [-0.2, -0.15) is 0 Å². The standard InChI is InChI=1S/C14H11BrClF2N/c15-11-4-5-13(17)10(6-11)8-19-7-9-2-1-3-12(16)14(9)18/h1-6,19H,7-8H2. The fraction of sp³-hybridized carbons (Fsp3) is 0.143. The summed E-state index contributed by atoms with van der Waals surface area (Å²) in [6.45, 7) is 0.607. The van der Waals surface area contributed by atoms with Crippen LogP contribution >= 0.6 is 27.5 Å². The molecule has 2 aromatic carbocycles. The molecule has 0 spiro atoms. The Balaban J connectivity index is 2.00. The van der Waals surface area contributed by atoms with Crippen molar-refractivity contribution in [3.63, 3.8) is 0 Å². The lowest BCUT2D eigenvalue weighted by atomic mass is 10.2. The molecular formula is C14H11BrClF2N. The van der Waals surface area contributed by atoms with Gasteiger partial charge in [0, 0.05) is 28.7 Å². The monoisotopic (exact) mass is 345 g/mol. The first-order valence-electron chi connectivity index (χ1n) is 5.65. The van der Waals surface area contributed by atoms with Crippen molar-refractivity contribution in [1.29, 1.82) is 0 Å². The molecule has 0 saturated carbocycles. The van der Waals surface area contributed by atoms with Crippen molar-refractivity contribution in [2.24, 2.45) is 0 Å². The zero-order chi connectivity index (χ0) is 13.8. The third kappa shape index (κ3) is 3.75. The molecule has 0 radical (unpaired) electrons. The minimum Gasteiger partial charge on any atom is -0.308 e. The average Bonchev–Trinajstić information content (AvgIpc) is 2.38. The Labute approximate surface area is 123 Å². The molecule has 2 aromatic rings. The van der Waals surface area contributed by atoms with E-state index in [1.807, 2.05) is 0 Å². The van der Waals surface area contributed by atoms with Crippen molar-refractivity contribution in [3.05, 3.63) is 68.7 Å². The maximum atomic E-state index is 13.6. The summed E-state index contributed by atoms with van der Waals surface area (Å²) < 4.78 is 27.9. The second-order valence-corrected chi connectivity index (χ2v) is 5.38. The van der Waals surface area contributed by atoms with E-state index in [1.165, 1.54) is 12.1 Å². The number of hydrogen-bond acceptors (Lipinski definition) is 1. The van der Waals surface area contributed by atoms with E-state index in [9.17, 15) is 8.78 Å². The van der Waals surface area contributed by atoms with Gasteiger partial charge in [0.15, 0.2) is 0 Å². The predicted octanol–water partition coefficient (Wildman–Crippen LogP) is 4.67. The SMILES string of the molecule is Fc1ccc(Br)cc1CNCc1cccc(Cl)c1F. The van der Waals surface area contributed by atoms with Crippen LogP contribution in [-0.4, -0.2) is 0 Å². The Kier molecular flexibility index (Phi) is 4.91. The Hall–Kier alpha value is -0.970. The van der Waals surface area contributed by atoms with Crippen molar-refractivity contribution in [1.82, 2.24) is 5.32 Å². The lowest BCUT2D eigenvalue weighted by Crippen LogP contribution is -2.14. The van der Waals surface area contributed by atoms with E-state index in [2.05, 4.69) is 21.2 Å². The molecule has 0 aromatic heterocycles. The largest absolute Gasteiger partial charge is 0.308 e. The van der Waals surface area contributed by atoms with Crippen LogP contribution in [0.25, 0.3) is 0 Å². The van der Waals surface area contributed by atoms with Gasteiger partial charge in [-0.25, -0.2) is 8.78 Å². The molecule has 0 saturated heterocycles. The quantitative estimate of drug-likeness (QED) is 0.848.